The number of aliphatic hydroxyl groups excluding tert-OH is 3. The zero-order valence-corrected chi connectivity index (χ0v) is 40.3. The molecule has 6 atom stereocenters. The molecule has 0 spiro atoms. The fraction of sp³-hybridized carbons (Fsp3) is 0.939. The molecule has 4 N–H and O–H groups in total. The van der Waals surface area contributed by atoms with Crippen LogP contribution in [0.5, 0.6) is 0 Å². The van der Waals surface area contributed by atoms with Crippen molar-refractivity contribution in [2.45, 2.75) is 269 Å². The molecule has 0 radical (unpaired) electrons. The molecule has 0 aliphatic carbocycles. The van der Waals surface area contributed by atoms with E-state index in [4.69, 9.17) is 23.5 Å². The van der Waals surface area contributed by atoms with E-state index in [9.17, 15) is 28.5 Å². The van der Waals surface area contributed by atoms with Gasteiger partial charge >= 0.3 is 16.4 Å². The van der Waals surface area contributed by atoms with Crippen LogP contribution >= 0.6 is 0 Å². The summed E-state index contributed by atoms with van der Waals surface area (Å²) in [6.07, 6.45) is 37.0. The van der Waals surface area contributed by atoms with Crippen LogP contribution in [0, 0.1) is 0 Å². The Kier molecular flexibility index (Phi) is 39.2. The number of ether oxygens (including phenoxy) is 4. The third kappa shape index (κ3) is 34.2. The van der Waals surface area contributed by atoms with Gasteiger partial charge in [-0.1, -0.05) is 206 Å². The van der Waals surface area contributed by atoms with Gasteiger partial charge in [-0.25, -0.2) is 4.18 Å². The highest BCUT2D eigenvalue weighted by Gasteiger charge is 2.48. The van der Waals surface area contributed by atoms with Crippen LogP contribution in [0.3, 0.4) is 0 Å². The van der Waals surface area contributed by atoms with Crippen LogP contribution in [0.1, 0.15) is 232 Å². The van der Waals surface area contributed by atoms with Crippen LogP contribution in [0.4, 0.5) is 0 Å². The number of allylic oxidation sites excluding steroid dienone is 2. The summed E-state index contributed by atoms with van der Waals surface area (Å²) in [7, 11) is -5.06. The molecule has 0 aromatic heterocycles. The number of aliphatic hydroxyl groups is 3. The van der Waals surface area contributed by atoms with Crippen molar-refractivity contribution in [3.63, 3.8) is 0 Å². The number of hydrogen-bond acceptors (Lipinski definition) is 11. The lowest BCUT2D eigenvalue weighted by Gasteiger charge is -2.41. The number of hydrogen-bond donors (Lipinski definition) is 4. The normalized spacial score (nSPS) is 20.0. The van der Waals surface area contributed by atoms with E-state index < -0.39 is 59.8 Å². The van der Waals surface area contributed by atoms with Crippen molar-refractivity contribution in [1.29, 1.82) is 0 Å². The zero-order valence-electron chi connectivity index (χ0n) is 39.5. The number of rotatable bonds is 45. The Morgan fingerprint density at radius 2 is 1.03 bits per heavy atom. The molecule has 1 fully saturated rings. The summed E-state index contributed by atoms with van der Waals surface area (Å²) < 4.78 is 59.1. The van der Waals surface area contributed by atoms with E-state index >= 15 is 0 Å². The Hall–Kier alpha value is -1.16. The van der Waals surface area contributed by atoms with Crippen molar-refractivity contribution < 1.29 is 56.2 Å². The van der Waals surface area contributed by atoms with Gasteiger partial charge in [0.25, 0.3) is 0 Å². The monoisotopic (exact) mass is 907 g/mol. The first kappa shape index (κ1) is 58.9. The van der Waals surface area contributed by atoms with Crippen LogP contribution in [0.2, 0.25) is 0 Å². The molecular formula is C49H94O12S. The van der Waals surface area contributed by atoms with Crippen LogP contribution in [-0.4, -0.2) is 97.5 Å². The Bertz CT molecular complexity index is 1140. The second-order valence-corrected chi connectivity index (χ2v) is 18.8. The summed E-state index contributed by atoms with van der Waals surface area (Å²) in [5.41, 5.74) is 0. The lowest BCUT2D eigenvalue weighted by Crippen LogP contribution is -2.60. The molecule has 1 heterocycles. The van der Waals surface area contributed by atoms with E-state index in [1.54, 1.807) is 0 Å². The topological polar surface area (TPSA) is 178 Å². The van der Waals surface area contributed by atoms with Gasteiger partial charge in [0.1, 0.15) is 30.5 Å². The maximum Gasteiger partial charge on any atom is 0.397 e. The summed E-state index contributed by atoms with van der Waals surface area (Å²) in [4.78, 5) is 12.8. The molecule has 1 aliphatic rings. The molecule has 1 saturated heterocycles. The molecule has 1 rings (SSSR count). The van der Waals surface area contributed by atoms with E-state index in [1.165, 1.54) is 148 Å². The number of unbranched alkanes of at least 4 members (excludes halogenated alkanes) is 30. The molecule has 0 saturated carbocycles. The van der Waals surface area contributed by atoms with E-state index in [0.29, 0.717) is 13.0 Å². The largest absolute Gasteiger partial charge is 0.457 e. The third-order valence-electron chi connectivity index (χ3n) is 11.9. The first-order chi connectivity index (χ1) is 30.1. The predicted molar refractivity (Wildman–Crippen MR) is 248 cm³/mol. The quantitative estimate of drug-likeness (QED) is 0.0197. The molecule has 0 amide bonds. The maximum atomic E-state index is 12.8. The molecule has 368 valence electrons. The first-order valence-corrected chi connectivity index (χ1v) is 26.8. The van der Waals surface area contributed by atoms with Crippen LogP contribution in [-0.2, 0) is 38.3 Å². The van der Waals surface area contributed by atoms with Gasteiger partial charge in [0.05, 0.1) is 19.8 Å². The third-order valence-corrected chi connectivity index (χ3v) is 12.4. The minimum atomic E-state index is -5.06. The van der Waals surface area contributed by atoms with Crippen LogP contribution in [0.25, 0.3) is 0 Å². The zero-order chi connectivity index (χ0) is 45.4. The van der Waals surface area contributed by atoms with Gasteiger partial charge < -0.3 is 34.3 Å². The van der Waals surface area contributed by atoms with E-state index in [-0.39, 0.29) is 19.6 Å². The smallest absolute Gasteiger partial charge is 0.397 e. The number of esters is 1. The predicted octanol–water partition coefficient (Wildman–Crippen LogP) is 11.4. The Balaban J connectivity index is 2.27. The van der Waals surface area contributed by atoms with Crippen LogP contribution in [0.15, 0.2) is 12.2 Å². The average Bonchev–Trinajstić information content (AvgIpc) is 3.24. The van der Waals surface area contributed by atoms with Crippen molar-refractivity contribution in [1.82, 2.24) is 0 Å². The Morgan fingerprint density at radius 3 is 1.50 bits per heavy atom. The molecule has 0 aromatic carbocycles. The summed E-state index contributed by atoms with van der Waals surface area (Å²) in [6, 6.07) is 0. The van der Waals surface area contributed by atoms with Gasteiger partial charge in [-0.2, -0.15) is 8.42 Å². The van der Waals surface area contributed by atoms with E-state index in [1.807, 2.05) is 0 Å². The molecule has 1 aliphatic heterocycles. The fourth-order valence-corrected chi connectivity index (χ4v) is 8.52. The van der Waals surface area contributed by atoms with Crippen LogP contribution < -0.4 is 0 Å². The van der Waals surface area contributed by atoms with Crippen molar-refractivity contribution in [2.75, 3.05) is 26.4 Å². The first-order valence-electron chi connectivity index (χ1n) is 25.4. The van der Waals surface area contributed by atoms with Gasteiger partial charge in [-0.3, -0.25) is 9.35 Å². The standard InChI is InChI=1S/C49H94O12S/c1-3-5-7-9-11-13-15-16-17-18-19-20-21-22-23-24-25-26-27-29-31-33-35-37-39-57-41-43(59-45(51)38-36-34-32-30-28-14-12-10-8-6-4-2)42-58-49-47(53)48(61-62(54,55)56)46(52)44(40-50)60-49/h10,12,43-44,46-50,52-53H,3-9,11,13-42H2,1-2H3,(H,54,55,56)/b12-10-. The van der Waals surface area contributed by atoms with Crippen molar-refractivity contribution in [3.8, 4) is 0 Å². The lowest BCUT2D eigenvalue weighted by atomic mass is 9.99. The van der Waals surface area contributed by atoms with Gasteiger partial charge in [0, 0.05) is 13.0 Å². The van der Waals surface area contributed by atoms with E-state index in [0.717, 1.165) is 57.8 Å². The molecule has 13 heteroatoms. The fourth-order valence-electron chi connectivity index (χ4n) is 8.01. The SMILES string of the molecule is CCCC/C=C\CCCCCCCC(=O)OC(COCCCCCCCCCCCCCCCCCCCCCCCCCC)COC1OC(CO)C(O)C(OS(=O)(=O)O)C1O. The highest BCUT2D eigenvalue weighted by Crippen LogP contribution is 2.26. The van der Waals surface area contributed by atoms with Crippen molar-refractivity contribution in [3.05, 3.63) is 12.2 Å². The molecule has 6 unspecified atom stereocenters. The number of carbonyl (C=O) groups excluding carboxylic acids is 1. The molecule has 12 nitrogen and oxygen atoms in total. The molecular weight excluding hydrogens is 813 g/mol. The highest BCUT2D eigenvalue weighted by atomic mass is 32.3. The minimum Gasteiger partial charge on any atom is -0.457 e. The van der Waals surface area contributed by atoms with Gasteiger partial charge in [-0.05, 0) is 32.1 Å². The maximum absolute atomic E-state index is 12.8. The number of carbonyl (C=O) groups is 1. The summed E-state index contributed by atoms with van der Waals surface area (Å²) in [5.74, 6) is -0.405. The second kappa shape index (κ2) is 41.3. The minimum absolute atomic E-state index is 0.0384. The summed E-state index contributed by atoms with van der Waals surface area (Å²) in [5, 5.41) is 30.7. The molecule has 62 heavy (non-hydrogen) atoms. The van der Waals surface area contributed by atoms with Crippen molar-refractivity contribution >= 4 is 16.4 Å². The molecule has 0 bridgehead atoms. The Morgan fingerprint density at radius 1 is 0.597 bits per heavy atom. The molecule has 0 aromatic rings. The van der Waals surface area contributed by atoms with Gasteiger partial charge in [0.2, 0.25) is 0 Å². The highest BCUT2D eigenvalue weighted by molar-refractivity contribution is 7.80. The van der Waals surface area contributed by atoms with Gasteiger partial charge in [0.15, 0.2) is 6.29 Å². The van der Waals surface area contributed by atoms with Crippen molar-refractivity contribution in [2.24, 2.45) is 0 Å². The average molecular weight is 907 g/mol. The second-order valence-electron chi connectivity index (χ2n) is 17.8. The lowest BCUT2D eigenvalue weighted by molar-refractivity contribution is -0.301. The van der Waals surface area contributed by atoms with E-state index in [2.05, 4.69) is 30.2 Å². The van der Waals surface area contributed by atoms with Gasteiger partial charge in [-0.15, -0.1) is 0 Å². The summed E-state index contributed by atoms with van der Waals surface area (Å²) >= 11 is 0. The summed E-state index contributed by atoms with van der Waals surface area (Å²) in [6.45, 7) is 3.98. The Labute approximate surface area is 379 Å².